The molecule has 96 valence electrons. The number of hydrogen-bond acceptors (Lipinski definition) is 3. The Morgan fingerprint density at radius 3 is 2.67 bits per heavy atom. The zero-order valence-corrected chi connectivity index (χ0v) is 11.4. The SMILES string of the molecule is CCC(C)(C)Nc1nccc2c(OC)cccc12. The lowest BCUT2D eigenvalue weighted by molar-refractivity contribution is 0.420. The minimum Gasteiger partial charge on any atom is -0.496 e. The molecule has 0 radical (unpaired) electrons. The van der Waals surface area contributed by atoms with Gasteiger partial charge in [-0.25, -0.2) is 4.98 Å². The van der Waals surface area contributed by atoms with Crippen LogP contribution in [0.25, 0.3) is 10.8 Å². The summed E-state index contributed by atoms with van der Waals surface area (Å²) in [7, 11) is 1.69. The van der Waals surface area contributed by atoms with Crippen LogP contribution in [0.3, 0.4) is 0 Å². The second-order valence-electron chi connectivity index (χ2n) is 5.08. The van der Waals surface area contributed by atoms with Crippen molar-refractivity contribution in [2.75, 3.05) is 12.4 Å². The Kier molecular flexibility index (Phi) is 3.41. The number of anilines is 1. The maximum Gasteiger partial charge on any atom is 0.134 e. The van der Waals surface area contributed by atoms with Gasteiger partial charge < -0.3 is 10.1 Å². The molecule has 0 amide bonds. The van der Waals surface area contributed by atoms with E-state index in [4.69, 9.17) is 4.74 Å². The van der Waals surface area contributed by atoms with Crippen LogP contribution in [0.2, 0.25) is 0 Å². The molecule has 2 aromatic rings. The van der Waals surface area contributed by atoms with Gasteiger partial charge in [0, 0.05) is 22.5 Å². The summed E-state index contributed by atoms with van der Waals surface area (Å²) < 4.78 is 5.38. The van der Waals surface area contributed by atoms with E-state index in [0.29, 0.717) is 0 Å². The molecule has 3 heteroatoms. The van der Waals surface area contributed by atoms with Gasteiger partial charge in [0.05, 0.1) is 7.11 Å². The molecule has 0 aliphatic heterocycles. The normalized spacial score (nSPS) is 11.6. The van der Waals surface area contributed by atoms with E-state index in [2.05, 4.69) is 37.1 Å². The van der Waals surface area contributed by atoms with Crippen molar-refractivity contribution < 1.29 is 4.74 Å². The number of nitrogens with one attached hydrogen (secondary N) is 1. The van der Waals surface area contributed by atoms with E-state index in [0.717, 1.165) is 28.8 Å². The van der Waals surface area contributed by atoms with Crippen molar-refractivity contribution in [2.45, 2.75) is 32.7 Å². The molecule has 0 saturated carbocycles. The molecule has 1 aromatic carbocycles. The Morgan fingerprint density at radius 2 is 2.00 bits per heavy atom. The summed E-state index contributed by atoms with van der Waals surface area (Å²) in [5.41, 5.74) is 0.0321. The molecule has 0 saturated heterocycles. The van der Waals surface area contributed by atoms with E-state index >= 15 is 0 Å². The van der Waals surface area contributed by atoms with Crippen molar-refractivity contribution >= 4 is 16.6 Å². The highest BCUT2D eigenvalue weighted by molar-refractivity contribution is 5.96. The predicted molar refractivity (Wildman–Crippen MR) is 76.3 cm³/mol. The van der Waals surface area contributed by atoms with E-state index in [-0.39, 0.29) is 5.54 Å². The second kappa shape index (κ2) is 4.84. The Hall–Kier alpha value is -1.77. The summed E-state index contributed by atoms with van der Waals surface area (Å²) in [6, 6.07) is 8.02. The van der Waals surface area contributed by atoms with Crippen molar-refractivity contribution in [3.8, 4) is 5.75 Å². The topological polar surface area (TPSA) is 34.2 Å². The van der Waals surface area contributed by atoms with Gasteiger partial charge >= 0.3 is 0 Å². The first-order chi connectivity index (χ1) is 8.57. The summed E-state index contributed by atoms with van der Waals surface area (Å²) >= 11 is 0. The molecule has 0 fully saturated rings. The molecule has 0 aliphatic rings. The molecular weight excluding hydrogens is 224 g/mol. The lowest BCUT2D eigenvalue weighted by atomic mass is 10.0. The van der Waals surface area contributed by atoms with Gasteiger partial charge in [-0.15, -0.1) is 0 Å². The van der Waals surface area contributed by atoms with Gasteiger partial charge in [0.15, 0.2) is 0 Å². The third-order valence-corrected chi connectivity index (χ3v) is 3.33. The zero-order chi connectivity index (χ0) is 13.2. The van der Waals surface area contributed by atoms with Crippen LogP contribution in [-0.4, -0.2) is 17.6 Å². The quantitative estimate of drug-likeness (QED) is 0.887. The van der Waals surface area contributed by atoms with Crippen LogP contribution >= 0.6 is 0 Å². The fourth-order valence-corrected chi connectivity index (χ4v) is 1.86. The van der Waals surface area contributed by atoms with Crippen LogP contribution in [0.1, 0.15) is 27.2 Å². The van der Waals surface area contributed by atoms with Crippen LogP contribution in [0, 0.1) is 0 Å². The van der Waals surface area contributed by atoms with Gasteiger partial charge in [-0.1, -0.05) is 19.1 Å². The van der Waals surface area contributed by atoms with Crippen LogP contribution in [0.5, 0.6) is 5.75 Å². The Bertz CT molecular complexity index is 549. The van der Waals surface area contributed by atoms with Crippen molar-refractivity contribution in [3.63, 3.8) is 0 Å². The largest absolute Gasteiger partial charge is 0.496 e. The number of ether oxygens (including phenoxy) is 1. The van der Waals surface area contributed by atoms with Crippen LogP contribution in [0.15, 0.2) is 30.5 Å². The summed E-state index contributed by atoms with van der Waals surface area (Å²) in [6.07, 6.45) is 2.86. The first-order valence-corrected chi connectivity index (χ1v) is 6.27. The van der Waals surface area contributed by atoms with E-state index in [9.17, 15) is 0 Å². The lowest BCUT2D eigenvalue weighted by Crippen LogP contribution is -2.30. The van der Waals surface area contributed by atoms with E-state index in [1.807, 2.05) is 24.4 Å². The average molecular weight is 244 g/mol. The first-order valence-electron chi connectivity index (χ1n) is 6.27. The highest BCUT2D eigenvalue weighted by Crippen LogP contribution is 2.30. The van der Waals surface area contributed by atoms with Crippen molar-refractivity contribution in [3.05, 3.63) is 30.5 Å². The van der Waals surface area contributed by atoms with Crippen LogP contribution in [-0.2, 0) is 0 Å². The van der Waals surface area contributed by atoms with Gasteiger partial charge in [0.1, 0.15) is 11.6 Å². The molecule has 1 aromatic heterocycles. The molecule has 0 aliphatic carbocycles. The number of benzene rings is 1. The number of pyridine rings is 1. The molecule has 1 heterocycles. The molecule has 0 atom stereocenters. The molecule has 0 bridgehead atoms. The standard InChI is InChI=1S/C15H20N2O/c1-5-15(2,3)17-14-12-7-6-8-13(18-4)11(12)9-10-16-14/h6-10H,5H2,1-4H3,(H,16,17). The summed E-state index contributed by atoms with van der Waals surface area (Å²) in [4.78, 5) is 4.45. The Labute approximate surface area is 108 Å². The average Bonchev–Trinajstić information content (AvgIpc) is 2.38. The maximum atomic E-state index is 5.38. The lowest BCUT2D eigenvalue weighted by Gasteiger charge is -2.26. The van der Waals surface area contributed by atoms with Gasteiger partial charge in [-0.3, -0.25) is 0 Å². The number of fused-ring (bicyclic) bond motifs is 1. The fourth-order valence-electron chi connectivity index (χ4n) is 1.86. The minimum atomic E-state index is 0.0321. The number of aromatic nitrogens is 1. The molecule has 18 heavy (non-hydrogen) atoms. The summed E-state index contributed by atoms with van der Waals surface area (Å²) in [5, 5.41) is 5.68. The molecule has 0 unspecified atom stereocenters. The number of hydrogen-bond donors (Lipinski definition) is 1. The zero-order valence-electron chi connectivity index (χ0n) is 11.4. The highest BCUT2D eigenvalue weighted by atomic mass is 16.5. The first kappa shape index (κ1) is 12.7. The third kappa shape index (κ3) is 2.40. The smallest absolute Gasteiger partial charge is 0.134 e. The predicted octanol–water partition coefficient (Wildman–Crippen LogP) is 3.84. The second-order valence-corrected chi connectivity index (χ2v) is 5.08. The highest BCUT2D eigenvalue weighted by Gasteiger charge is 2.16. The third-order valence-electron chi connectivity index (χ3n) is 3.33. The van der Waals surface area contributed by atoms with Crippen molar-refractivity contribution in [1.29, 1.82) is 0 Å². The summed E-state index contributed by atoms with van der Waals surface area (Å²) in [5.74, 6) is 1.80. The number of nitrogens with zero attached hydrogens (tertiary/aromatic N) is 1. The molecule has 1 N–H and O–H groups in total. The van der Waals surface area contributed by atoms with Crippen LogP contribution in [0.4, 0.5) is 5.82 Å². The number of methoxy groups -OCH3 is 1. The Morgan fingerprint density at radius 1 is 1.22 bits per heavy atom. The van der Waals surface area contributed by atoms with Crippen LogP contribution < -0.4 is 10.1 Å². The molecule has 0 spiro atoms. The van der Waals surface area contributed by atoms with Crippen molar-refractivity contribution in [1.82, 2.24) is 4.98 Å². The van der Waals surface area contributed by atoms with Gasteiger partial charge in [0.25, 0.3) is 0 Å². The van der Waals surface area contributed by atoms with Crippen molar-refractivity contribution in [2.24, 2.45) is 0 Å². The fraction of sp³-hybridized carbons (Fsp3) is 0.400. The van der Waals surface area contributed by atoms with E-state index in [1.54, 1.807) is 7.11 Å². The molecular formula is C15H20N2O. The van der Waals surface area contributed by atoms with E-state index < -0.39 is 0 Å². The maximum absolute atomic E-state index is 5.38. The molecule has 2 rings (SSSR count). The monoisotopic (exact) mass is 244 g/mol. The number of rotatable bonds is 4. The van der Waals surface area contributed by atoms with Gasteiger partial charge in [0.2, 0.25) is 0 Å². The Balaban J connectivity index is 2.52. The minimum absolute atomic E-state index is 0.0321. The summed E-state index contributed by atoms with van der Waals surface area (Å²) in [6.45, 7) is 6.51. The van der Waals surface area contributed by atoms with Gasteiger partial charge in [-0.2, -0.15) is 0 Å². The van der Waals surface area contributed by atoms with Gasteiger partial charge in [-0.05, 0) is 32.4 Å². The van der Waals surface area contributed by atoms with E-state index in [1.165, 1.54) is 0 Å². The molecule has 3 nitrogen and oxygen atoms in total.